The molecule has 0 aliphatic carbocycles. The number of likely N-dealkylation sites (tertiary alicyclic amines) is 1. The van der Waals surface area contributed by atoms with Crippen LogP contribution in [0.25, 0.3) is 0 Å². The van der Waals surface area contributed by atoms with Crippen LogP contribution in [0.5, 0.6) is 0 Å². The highest BCUT2D eigenvalue weighted by Crippen LogP contribution is 2.32. The number of rotatable bonds is 7. The van der Waals surface area contributed by atoms with E-state index >= 15 is 0 Å². The summed E-state index contributed by atoms with van der Waals surface area (Å²) in [5.74, 6) is 0. The molecule has 0 spiro atoms. The van der Waals surface area contributed by atoms with Crippen LogP contribution in [0.4, 0.5) is 0 Å². The molecule has 0 radical (unpaired) electrons. The summed E-state index contributed by atoms with van der Waals surface area (Å²) in [6, 6.07) is 0.594. The number of nitrogens with one attached hydrogen (secondary N) is 1. The first kappa shape index (κ1) is 17.0. The van der Waals surface area contributed by atoms with Crippen molar-refractivity contribution in [1.29, 1.82) is 0 Å². The summed E-state index contributed by atoms with van der Waals surface area (Å²) < 4.78 is 0. The highest BCUT2D eigenvalue weighted by Gasteiger charge is 2.31. The molecule has 0 aromatic heterocycles. The van der Waals surface area contributed by atoms with Gasteiger partial charge < -0.3 is 10.2 Å². The Bertz CT molecular complexity index is 250. The molecule has 1 saturated heterocycles. The fourth-order valence-corrected chi connectivity index (χ4v) is 3.13. The summed E-state index contributed by atoms with van der Waals surface area (Å²) in [7, 11) is 0. The molecular weight excluding hydrogens is 232 g/mol. The van der Waals surface area contributed by atoms with Crippen LogP contribution in [-0.4, -0.2) is 37.1 Å². The van der Waals surface area contributed by atoms with Gasteiger partial charge in [0.1, 0.15) is 0 Å². The van der Waals surface area contributed by atoms with Crippen LogP contribution >= 0.6 is 0 Å². The van der Waals surface area contributed by atoms with Crippen LogP contribution in [0, 0.1) is 10.8 Å². The van der Waals surface area contributed by atoms with E-state index in [-0.39, 0.29) is 0 Å². The van der Waals surface area contributed by atoms with Gasteiger partial charge in [-0.15, -0.1) is 0 Å². The minimum absolute atomic E-state index is 0.431. The Kier molecular flexibility index (Phi) is 6.32. The van der Waals surface area contributed by atoms with Gasteiger partial charge in [-0.25, -0.2) is 0 Å². The molecule has 19 heavy (non-hydrogen) atoms. The Balaban J connectivity index is 2.48. The van der Waals surface area contributed by atoms with Crippen LogP contribution in [-0.2, 0) is 0 Å². The zero-order chi connectivity index (χ0) is 14.5. The van der Waals surface area contributed by atoms with Gasteiger partial charge in [0.2, 0.25) is 0 Å². The number of nitrogens with zero attached hydrogens (tertiary/aromatic N) is 1. The minimum Gasteiger partial charge on any atom is -0.314 e. The highest BCUT2D eigenvalue weighted by atomic mass is 15.1. The molecule has 0 bridgehead atoms. The maximum Gasteiger partial charge on any atom is 0.00475 e. The number of piperidine rings is 1. The number of hydrogen-bond donors (Lipinski definition) is 1. The third-order valence-corrected chi connectivity index (χ3v) is 4.61. The molecule has 0 saturated carbocycles. The Morgan fingerprint density at radius 3 is 2.26 bits per heavy atom. The van der Waals surface area contributed by atoms with Gasteiger partial charge >= 0.3 is 0 Å². The van der Waals surface area contributed by atoms with Crippen molar-refractivity contribution in [3.05, 3.63) is 0 Å². The summed E-state index contributed by atoms with van der Waals surface area (Å²) in [5, 5.41) is 3.65. The topological polar surface area (TPSA) is 15.3 Å². The molecule has 2 nitrogen and oxygen atoms in total. The van der Waals surface area contributed by atoms with E-state index in [4.69, 9.17) is 0 Å². The summed E-state index contributed by atoms with van der Waals surface area (Å²) in [6.45, 7) is 19.1. The molecule has 1 N–H and O–H groups in total. The maximum atomic E-state index is 3.65. The molecule has 0 amide bonds. The molecule has 2 heteroatoms. The molecule has 1 atom stereocenters. The zero-order valence-corrected chi connectivity index (χ0v) is 14.2. The lowest BCUT2D eigenvalue weighted by molar-refractivity contribution is 0.0826. The Morgan fingerprint density at radius 2 is 1.79 bits per heavy atom. The molecule has 1 unspecified atom stereocenters. The van der Waals surface area contributed by atoms with E-state index in [2.05, 4.69) is 51.8 Å². The van der Waals surface area contributed by atoms with Crippen LogP contribution in [0.1, 0.15) is 67.2 Å². The zero-order valence-electron chi connectivity index (χ0n) is 14.2. The quantitative estimate of drug-likeness (QED) is 0.753. The van der Waals surface area contributed by atoms with Crippen molar-refractivity contribution in [3.63, 3.8) is 0 Å². The van der Waals surface area contributed by atoms with E-state index < -0.39 is 0 Å². The van der Waals surface area contributed by atoms with Crippen molar-refractivity contribution in [3.8, 4) is 0 Å². The van der Waals surface area contributed by atoms with E-state index in [0.717, 1.165) is 6.54 Å². The van der Waals surface area contributed by atoms with Crippen molar-refractivity contribution in [2.45, 2.75) is 73.3 Å². The van der Waals surface area contributed by atoms with Gasteiger partial charge in [-0.05, 0) is 43.2 Å². The lowest BCUT2D eigenvalue weighted by Crippen LogP contribution is -2.47. The van der Waals surface area contributed by atoms with Crippen molar-refractivity contribution in [2.24, 2.45) is 10.8 Å². The van der Waals surface area contributed by atoms with E-state index in [1.54, 1.807) is 0 Å². The predicted octanol–water partition coefficient (Wildman–Crippen LogP) is 3.91. The van der Waals surface area contributed by atoms with E-state index in [0.29, 0.717) is 16.9 Å². The van der Waals surface area contributed by atoms with Gasteiger partial charge in [0.05, 0.1) is 0 Å². The summed E-state index contributed by atoms with van der Waals surface area (Å²) in [5.41, 5.74) is 0.994. The van der Waals surface area contributed by atoms with Crippen LogP contribution in [0.3, 0.4) is 0 Å². The summed E-state index contributed by atoms with van der Waals surface area (Å²) >= 11 is 0. The summed E-state index contributed by atoms with van der Waals surface area (Å²) in [4.78, 5) is 2.70. The molecule has 1 aliphatic rings. The molecule has 1 fully saturated rings. The molecule has 114 valence electrons. The van der Waals surface area contributed by atoms with Gasteiger partial charge in [0.25, 0.3) is 0 Å². The average Bonchev–Trinajstić information content (AvgIpc) is 2.30. The first-order valence-corrected chi connectivity index (χ1v) is 8.22. The van der Waals surface area contributed by atoms with Crippen LogP contribution < -0.4 is 5.32 Å². The second kappa shape index (κ2) is 7.08. The normalized spacial score (nSPS) is 23.5. The molecule has 1 rings (SSSR count). The average molecular weight is 268 g/mol. The second-order valence-electron chi connectivity index (χ2n) is 8.04. The predicted molar refractivity (Wildman–Crippen MR) is 85.6 cm³/mol. The van der Waals surface area contributed by atoms with Gasteiger partial charge in [-0.2, -0.15) is 0 Å². The highest BCUT2D eigenvalue weighted by molar-refractivity contribution is 4.85. The molecular formula is C17H36N2. The lowest BCUT2D eigenvalue weighted by Gasteiger charge is -2.42. The van der Waals surface area contributed by atoms with Crippen molar-refractivity contribution >= 4 is 0 Å². The molecule has 0 aromatic carbocycles. The third-order valence-electron chi connectivity index (χ3n) is 4.61. The van der Waals surface area contributed by atoms with Crippen molar-refractivity contribution in [2.75, 3.05) is 26.2 Å². The van der Waals surface area contributed by atoms with Gasteiger partial charge in [-0.1, -0.05) is 48.0 Å². The second-order valence-corrected chi connectivity index (χ2v) is 8.04. The lowest BCUT2D eigenvalue weighted by atomic mass is 9.80. The van der Waals surface area contributed by atoms with Gasteiger partial charge in [0, 0.05) is 19.1 Å². The van der Waals surface area contributed by atoms with Crippen molar-refractivity contribution in [1.82, 2.24) is 10.2 Å². The molecule has 0 aromatic rings. The van der Waals surface area contributed by atoms with Crippen molar-refractivity contribution < 1.29 is 0 Å². The van der Waals surface area contributed by atoms with Crippen LogP contribution in [0.2, 0.25) is 0 Å². The van der Waals surface area contributed by atoms with Crippen LogP contribution in [0.15, 0.2) is 0 Å². The Morgan fingerprint density at radius 1 is 1.21 bits per heavy atom. The Labute approximate surface area is 121 Å². The van der Waals surface area contributed by atoms with E-state index in [9.17, 15) is 0 Å². The van der Waals surface area contributed by atoms with Gasteiger partial charge in [0.15, 0.2) is 0 Å². The molecule has 1 heterocycles. The van der Waals surface area contributed by atoms with E-state index in [1.165, 1.54) is 45.3 Å². The molecule has 1 aliphatic heterocycles. The number of hydrogen-bond acceptors (Lipinski definition) is 2. The first-order chi connectivity index (χ1) is 8.76. The maximum absolute atomic E-state index is 3.65. The SMILES string of the molecule is CCCC(C)(CNC(C)C)CN1CCC(C)(C)CC1. The third kappa shape index (κ3) is 6.27. The first-order valence-electron chi connectivity index (χ1n) is 8.22. The monoisotopic (exact) mass is 268 g/mol. The Hall–Kier alpha value is -0.0800. The smallest absolute Gasteiger partial charge is 0.00475 e. The standard InChI is InChI=1S/C17H36N2/c1-7-8-17(6,13-18-15(2)3)14-19-11-9-16(4,5)10-12-19/h15,18H,7-14H2,1-6H3. The summed E-state index contributed by atoms with van der Waals surface area (Å²) in [6.07, 6.45) is 5.32. The largest absolute Gasteiger partial charge is 0.314 e. The fourth-order valence-electron chi connectivity index (χ4n) is 3.13. The fraction of sp³-hybridized carbons (Fsp3) is 1.00. The van der Waals surface area contributed by atoms with E-state index in [1.807, 2.05) is 0 Å². The minimum atomic E-state index is 0.431. The van der Waals surface area contributed by atoms with Gasteiger partial charge in [-0.3, -0.25) is 0 Å².